The summed E-state index contributed by atoms with van der Waals surface area (Å²) in [6, 6.07) is 3.37. The molecule has 4 N–H and O–H groups in total. The second-order valence-electron chi connectivity index (χ2n) is 14.3. The van der Waals surface area contributed by atoms with E-state index in [0.29, 0.717) is 24.4 Å². The third-order valence-corrected chi connectivity index (χ3v) is 11.2. The average molecular weight is 700 g/mol. The number of amides is 2. The number of nitrogens with one attached hydrogen (secondary N) is 3. The maximum absolute atomic E-state index is 13.6. The molecule has 2 saturated carbocycles. The van der Waals surface area contributed by atoms with Crippen LogP contribution >= 0.6 is 0 Å². The van der Waals surface area contributed by atoms with Crippen molar-refractivity contribution < 1.29 is 48.0 Å². The van der Waals surface area contributed by atoms with Gasteiger partial charge in [-0.3, -0.25) is 0 Å². The smallest absolute Gasteiger partial charge is 0.407 e. The third kappa shape index (κ3) is 7.03. The van der Waals surface area contributed by atoms with E-state index in [1.165, 1.54) is 7.11 Å². The first kappa shape index (κ1) is 37.4. The maximum atomic E-state index is 13.6. The van der Waals surface area contributed by atoms with E-state index in [-0.39, 0.29) is 30.1 Å². The Morgan fingerprint density at radius 2 is 1.74 bits per heavy atom. The Kier molecular flexibility index (Phi) is 11.7. The van der Waals surface area contributed by atoms with Crippen molar-refractivity contribution in [2.24, 2.45) is 41.4 Å². The Morgan fingerprint density at radius 3 is 2.38 bits per heavy atom. The molecule has 1 aromatic rings. The summed E-state index contributed by atoms with van der Waals surface area (Å²) in [6.07, 6.45) is 3.96. The van der Waals surface area contributed by atoms with Gasteiger partial charge in [0.05, 0.1) is 5.60 Å². The lowest BCUT2D eigenvalue weighted by molar-refractivity contribution is -0.186. The standard InChI is InChI=1S/C37H53N3O10/c1-8-14-39-35(43)47-22(6)30-19(3)17-20(4)37(45)23(18-26(46-7)34(42)48-30)12-13-24-27-28(29(24)37)32(50-36(44)40-15-9-2)21(5)31(27)49-33(41)25-11-10-16-38-25/h10-13,16-17,19,21-24,26-32,38,45H,8-9,14-15,18H2,1-7H3,(H,39,43)(H,40,44)/b20-17+/t19-,21+,22-,23-,24+,26+,27+,28?,29+,30+,31-,32-,37+/m1/s1. The molecule has 13 atom stereocenters. The van der Waals surface area contributed by atoms with Crippen LogP contribution in [0.25, 0.3) is 0 Å². The van der Waals surface area contributed by atoms with Gasteiger partial charge in [-0.05, 0) is 56.7 Å². The zero-order valence-electron chi connectivity index (χ0n) is 30.0. The number of methoxy groups -OCH3 is 1. The number of alkyl carbamates (subject to hydrolysis) is 2. The second kappa shape index (κ2) is 15.6. The van der Waals surface area contributed by atoms with Gasteiger partial charge in [0.2, 0.25) is 0 Å². The zero-order valence-corrected chi connectivity index (χ0v) is 30.0. The third-order valence-electron chi connectivity index (χ3n) is 11.2. The molecule has 0 spiro atoms. The summed E-state index contributed by atoms with van der Waals surface area (Å²) in [5.41, 5.74) is -0.515. The van der Waals surface area contributed by atoms with Gasteiger partial charge in [0.25, 0.3) is 0 Å². The van der Waals surface area contributed by atoms with Gasteiger partial charge in [0.15, 0.2) is 6.10 Å². The van der Waals surface area contributed by atoms with Crippen LogP contribution in [0.4, 0.5) is 9.59 Å². The first-order valence-electron chi connectivity index (χ1n) is 17.9. The Hall–Kier alpha value is -3.84. The van der Waals surface area contributed by atoms with Gasteiger partial charge >= 0.3 is 24.1 Å². The zero-order chi connectivity index (χ0) is 36.3. The highest BCUT2D eigenvalue weighted by atomic mass is 16.6. The average Bonchev–Trinajstić information content (AvgIpc) is 3.69. The molecule has 0 aromatic carbocycles. The van der Waals surface area contributed by atoms with Crippen LogP contribution in [-0.2, 0) is 28.5 Å². The molecule has 2 fully saturated rings. The molecule has 2 heterocycles. The molecule has 1 aliphatic heterocycles. The van der Waals surface area contributed by atoms with E-state index in [1.54, 1.807) is 25.3 Å². The van der Waals surface area contributed by atoms with Gasteiger partial charge < -0.3 is 44.4 Å². The number of aromatic amines is 1. The van der Waals surface area contributed by atoms with Crippen LogP contribution in [0.3, 0.4) is 0 Å². The molecule has 5 rings (SSSR count). The summed E-state index contributed by atoms with van der Waals surface area (Å²) in [5.74, 6) is -3.77. The van der Waals surface area contributed by atoms with Crippen molar-refractivity contribution >= 4 is 24.1 Å². The van der Waals surface area contributed by atoms with Gasteiger partial charge in [-0.25, -0.2) is 19.2 Å². The summed E-state index contributed by atoms with van der Waals surface area (Å²) in [4.78, 5) is 55.2. The molecule has 13 nitrogen and oxygen atoms in total. The number of ether oxygens (including phenoxy) is 5. The first-order chi connectivity index (χ1) is 23.9. The minimum atomic E-state index is -1.49. The van der Waals surface area contributed by atoms with Crippen LogP contribution in [0.2, 0.25) is 0 Å². The van der Waals surface area contributed by atoms with Gasteiger partial charge in [-0.1, -0.05) is 45.9 Å². The summed E-state index contributed by atoms with van der Waals surface area (Å²) >= 11 is 0. The monoisotopic (exact) mass is 699 g/mol. The molecule has 1 unspecified atom stereocenters. The number of aliphatic hydroxyl groups is 1. The quantitative estimate of drug-likeness (QED) is 0.154. The minimum absolute atomic E-state index is 0.116. The van der Waals surface area contributed by atoms with Crippen molar-refractivity contribution in [3.63, 3.8) is 0 Å². The number of aromatic nitrogens is 1. The summed E-state index contributed by atoms with van der Waals surface area (Å²) in [5, 5.41) is 18.6. The number of allylic oxidation sites excluding steroid dienone is 1. The van der Waals surface area contributed by atoms with Crippen LogP contribution in [0.1, 0.15) is 71.3 Å². The van der Waals surface area contributed by atoms with E-state index in [2.05, 4.69) is 15.6 Å². The van der Waals surface area contributed by atoms with Crippen LogP contribution in [0.15, 0.2) is 42.1 Å². The Bertz CT molecular complexity index is 1440. The predicted octanol–water partition coefficient (Wildman–Crippen LogP) is 4.53. The Labute approximate surface area is 293 Å². The fourth-order valence-corrected chi connectivity index (χ4v) is 8.80. The molecule has 0 radical (unpaired) electrons. The van der Waals surface area contributed by atoms with Crippen LogP contribution in [0, 0.1) is 41.4 Å². The summed E-state index contributed by atoms with van der Waals surface area (Å²) in [6.45, 7) is 12.1. The highest BCUT2D eigenvalue weighted by Crippen LogP contribution is 2.66. The lowest BCUT2D eigenvalue weighted by Gasteiger charge is -2.61. The van der Waals surface area contributed by atoms with Gasteiger partial charge in [0, 0.05) is 61.9 Å². The van der Waals surface area contributed by atoms with Gasteiger partial charge in [0.1, 0.15) is 30.1 Å². The fourth-order valence-electron chi connectivity index (χ4n) is 8.80. The van der Waals surface area contributed by atoms with Crippen LogP contribution in [-0.4, -0.2) is 90.5 Å². The highest BCUT2D eigenvalue weighted by Gasteiger charge is 2.72. The van der Waals surface area contributed by atoms with E-state index in [4.69, 9.17) is 23.7 Å². The lowest BCUT2D eigenvalue weighted by atomic mass is 9.46. The molecule has 0 saturated heterocycles. The summed E-state index contributed by atoms with van der Waals surface area (Å²) < 4.78 is 29.5. The molecule has 4 aliphatic rings. The maximum Gasteiger partial charge on any atom is 0.407 e. The van der Waals surface area contributed by atoms with Crippen molar-refractivity contribution in [2.75, 3.05) is 20.2 Å². The number of carbonyl (C=O) groups excluding carboxylic acids is 4. The van der Waals surface area contributed by atoms with Crippen molar-refractivity contribution in [1.82, 2.24) is 15.6 Å². The molecule has 1 aromatic heterocycles. The van der Waals surface area contributed by atoms with E-state index in [9.17, 15) is 24.3 Å². The number of rotatable bonds is 10. The SMILES string of the molecule is CCCNC(=O)O[C@H](C)[C@H]1OC(=O)[C@@H](OC)C[C@H]2C=C[C@H]3[C@H]4C([C@H]3[C@]2(O)/C(C)=C/[C@H]1C)[C@H](OC(=O)NCCC)[C@@H](C)[C@H]4OC(=O)c1ccc[nH]1. The van der Waals surface area contributed by atoms with Crippen molar-refractivity contribution in [3.05, 3.63) is 47.8 Å². The normalized spacial score (nSPS) is 37.6. The van der Waals surface area contributed by atoms with Crippen LogP contribution in [0.5, 0.6) is 0 Å². The van der Waals surface area contributed by atoms with Crippen LogP contribution < -0.4 is 10.6 Å². The van der Waals surface area contributed by atoms with E-state index >= 15 is 0 Å². The molecule has 3 aliphatic carbocycles. The van der Waals surface area contributed by atoms with Gasteiger partial charge in [-0.2, -0.15) is 0 Å². The number of carbonyl (C=O) groups is 4. The molecule has 13 heteroatoms. The summed E-state index contributed by atoms with van der Waals surface area (Å²) in [7, 11) is 1.42. The minimum Gasteiger partial charge on any atom is -0.457 e. The van der Waals surface area contributed by atoms with Gasteiger partial charge in [-0.15, -0.1) is 0 Å². The topological polar surface area (TPSA) is 175 Å². The van der Waals surface area contributed by atoms with E-state index < -0.39 is 78.0 Å². The Morgan fingerprint density at radius 1 is 1.06 bits per heavy atom. The Balaban J connectivity index is 1.52. The number of cyclic esters (lactones) is 1. The van der Waals surface area contributed by atoms with Crippen molar-refractivity contribution in [2.45, 2.75) is 96.9 Å². The largest absolute Gasteiger partial charge is 0.457 e. The fraction of sp³-hybridized carbons (Fsp3) is 0.676. The molecular formula is C37H53N3O10. The first-order valence-corrected chi connectivity index (χ1v) is 17.9. The van der Waals surface area contributed by atoms with Crippen molar-refractivity contribution in [1.29, 1.82) is 0 Å². The second-order valence-corrected chi connectivity index (χ2v) is 14.3. The number of esters is 2. The predicted molar refractivity (Wildman–Crippen MR) is 182 cm³/mol. The molecule has 276 valence electrons. The number of hydrogen-bond donors (Lipinski definition) is 4. The number of H-pyrrole nitrogens is 1. The lowest BCUT2D eigenvalue weighted by Crippen LogP contribution is -2.65. The number of hydrogen-bond acceptors (Lipinski definition) is 10. The molecule has 0 bridgehead atoms. The molecular weight excluding hydrogens is 646 g/mol. The van der Waals surface area contributed by atoms with E-state index in [1.807, 2.05) is 52.8 Å². The van der Waals surface area contributed by atoms with E-state index in [0.717, 1.165) is 12.8 Å². The van der Waals surface area contributed by atoms with Crippen molar-refractivity contribution in [3.8, 4) is 0 Å². The molecule has 2 amide bonds. The number of fused-ring (bicyclic) bond motifs is 6. The highest BCUT2D eigenvalue weighted by molar-refractivity contribution is 5.87. The molecule has 50 heavy (non-hydrogen) atoms.